The fourth-order valence-corrected chi connectivity index (χ4v) is 6.79. The van der Waals surface area contributed by atoms with Crippen molar-refractivity contribution < 1.29 is 27.5 Å². The number of aryl methyl sites for hydroxylation is 1. The number of amides is 2. The van der Waals surface area contributed by atoms with Crippen LogP contribution in [0.4, 0.5) is 19.0 Å². The van der Waals surface area contributed by atoms with Gasteiger partial charge in [-0.1, -0.05) is 19.6 Å². The largest absolute Gasteiger partial charge is 0.360 e. The molecule has 3 heterocycles. The zero-order chi connectivity index (χ0) is 33.2. The number of anilines is 1. The second-order valence-corrected chi connectivity index (χ2v) is 19.4. The maximum atomic E-state index is 15.5. The molecule has 0 spiro atoms. The van der Waals surface area contributed by atoms with Gasteiger partial charge in [-0.3, -0.25) is 14.3 Å². The molecule has 3 aromatic rings. The van der Waals surface area contributed by atoms with E-state index in [0.717, 1.165) is 42.1 Å². The number of carbonyl (C=O) groups is 2. The van der Waals surface area contributed by atoms with Crippen molar-refractivity contribution in [3.8, 4) is 11.1 Å². The second-order valence-electron chi connectivity index (χ2n) is 13.7. The third-order valence-corrected chi connectivity index (χ3v) is 10.6. The molecule has 2 amide bonds. The third kappa shape index (κ3) is 7.88. The van der Waals surface area contributed by atoms with Crippen molar-refractivity contribution in [1.82, 2.24) is 29.9 Å². The summed E-state index contributed by atoms with van der Waals surface area (Å²) in [5.74, 6) is -1.51. The van der Waals surface area contributed by atoms with E-state index in [0.29, 0.717) is 17.9 Å². The molecule has 250 valence electrons. The molecule has 3 aromatic heterocycles. The molecule has 46 heavy (non-hydrogen) atoms. The minimum Gasteiger partial charge on any atom is -0.360 e. The lowest BCUT2D eigenvalue weighted by molar-refractivity contribution is -0.119. The highest BCUT2D eigenvalue weighted by molar-refractivity contribution is 6.76. The molecule has 10 nitrogen and oxygen atoms in total. The first-order valence-corrected chi connectivity index (χ1v) is 19.7. The molecule has 14 heteroatoms. The Balaban J connectivity index is 1.32. The fraction of sp³-hybridized carbons (Fsp3) is 0.594. The topological polar surface area (TPSA) is 116 Å². The van der Waals surface area contributed by atoms with E-state index in [1.165, 1.54) is 18.3 Å². The Bertz CT molecular complexity index is 1530. The van der Waals surface area contributed by atoms with Gasteiger partial charge in [0.1, 0.15) is 43.7 Å². The van der Waals surface area contributed by atoms with E-state index in [4.69, 9.17) is 4.74 Å². The molecule has 5 rings (SSSR count). The number of hydrogen-bond donors (Lipinski definition) is 2. The number of rotatable bonds is 16. The standard InChI is InChI=1S/C32H44F3N7O3Si/c1-19-27(20(2)41(40-19)18-45-14-15-46(3,4)5)24-10-11-26(37-30(24)35)38-32(44)29(28(21-6-7-21)22-8-9-22)39-31(43)25-12-13-36-42(25)23(16-33)17-34/h10-13,21-23,28-29H,6-9,14-18H2,1-5H3,(H,39,43)(H,37,38,44)/t29-/m0/s1. The van der Waals surface area contributed by atoms with Gasteiger partial charge < -0.3 is 15.4 Å². The van der Waals surface area contributed by atoms with Crippen molar-refractivity contribution in [2.24, 2.45) is 17.8 Å². The molecule has 0 aliphatic heterocycles. The smallest absolute Gasteiger partial charge is 0.270 e. The van der Waals surface area contributed by atoms with E-state index in [1.54, 1.807) is 17.7 Å². The van der Waals surface area contributed by atoms with Crippen molar-refractivity contribution in [1.29, 1.82) is 0 Å². The zero-order valence-corrected chi connectivity index (χ0v) is 28.2. The Morgan fingerprint density at radius 3 is 2.33 bits per heavy atom. The first-order chi connectivity index (χ1) is 21.9. The average molecular weight is 660 g/mol. The second kappa shape index (κ2) is 14.1. The number of alkyl halides is 2. The summed E-state index contributed by atoms with van der Waals surface area (Å²) in [6.45, 7) is 9.34. The SMILES string of the molecule is Cc1nn(COCC[Si](C)(C)C)c(C)c1-c1ccc(NC(=O)[C@@H](NC(=O)c2ccnn2C(CF)CF)C(C2CC2)C2CC2)nc1F. The van der Waals surface area contributed by atoms with Crippen LogP contribution >= 0.6 is 0 Å². The van der Waals surface area contributed by atoms with Crippen LogP contribution in [-0.4, -0.2) is 70.4 Å². The summed E-state index contributed by atoms with van der Waals surface area (Å²) in [7, 11) is -1.23. The van der Waals surface area contributed by atoms with Gasteiger partial charge in [-0.05, 0) is 81.5 Å². The molecular weight excluding hydrogens is 615 g/mol. The highest BCUT2D eigenvalue weighted by Crippen LogP contribution is 2.51. The highest BCUT2D eigenvalue weighted by Gasteiger charge is 2.48. The molecule has 2 aliphatic rings. The van der Waals surface area contributed by atoms with Crippen LogP contribution in [0.2, 0.25) is 25.7 Å². The maximum absolute atomic E-state index is 15.5. The number of carbonyl (C=O) groups excluding carboxylic acids is 2. The number of nitrogens with one attached hydrogen (secondary N) is 2. The van der Waals surface area contributed by atoms with Crippen LogP contribution < -0.4 is 10.6 Å². The summed E-state index contributed by atoms with van der Waals surface area (Å²) in [5.41, 5.74) is 2.20. The molecule has 0 saturated heterocycles. The summed E-state index contributed by atoms with van der Waals surface area (Å²) < 4.78 is 51.0. The summed E-state index contributed by atoms with van der Waals surface area (Å²) in [4.78, 5) is 31.2. The minimum absolute atomic E-state index is 0.00758. The Labute approximate surface area is 268 Å². The number of nitrogens with zero attached hydrogens (tertiary/aromatic N) is 5. The van der Waals surface area contributed by atoms with Gasteiger partial charge >= 0.3 is 0 Å². The van der Waals surface area contributed by atoms with E-state index in [9.17, 15) is 18.4 Å². The lowest BCUT2D eigenvalue weighted by Gasteiger charge is -2.27. The van der Waals surface area contributed by atoms with E-state index in [1.807, 2.05) is 6.92 Å². The molecule has 2 fully saturated rings. The highest BCUT2D eigenvalue weighted by atomic mass is 28.3. The van der Waals surface area contributed by atoms with Crippen molar-refractivity contribution in [2.75, 3.05) is 25.3 Å². The molecule has 2 N–H and O–H groups in total. The van der Waals surface area contributed by atoms with Gasteiger partial charge in [0.25, 0.3) is 5.91 Å². The van der Waals surface area contributed by atoms with Crippen molar-refractivity contribution >= 4 is 25.7 Å². The predicted octanol–water partition coefficient (Wildman–Crippen LogP) is 5.86. The number of ether oxygens (including phenoxy) is 1. The van der Waals surface area contributed by atoms with E-state index >= 15 is 4.39 Å². The van der Waals surface area contributed by atoms with Gasteiger partial charge in [0.05, 0.1) is 5.69 Å². The van der Waals surface area contributed by atoms with Crippen LogP contribution in [0, 0.1) is 37.5 Å². The normalized spacial score (nSPS) is 15.9. The average Bonchev–Trinajstić information content (AvgIpc) is 3.94. The first kappa shape index (κ1) is 33.8. The van der Waals surface area contributed by atoms with Gasteiger partial charge in [-0.25, -0.2) is 18.4 Å². The van der Waals surface area contributed by atoms with Crippen LogP contribution in [0.25, 0.3) is 11.1 Å². The number of pyridine rings is 1. The van der Waals surface area contributed by atoms with Gasteiger partial charge in [0.2, 0.25) is 11.9 Å². The van der Waals surface area contributed by atoms with E-state index in [-0.39, 0.29) is 41.6 Å². The zero-order valence-electron chi connectivity index (χ0n) is 27.2. The van der Waals surface area contributed by atoms with Crippen LogP contribution in [0.5, 0.6) is 0 Å². The molecule has 0 aromatic carbocycles. The molecule has 0 radical (unpaired) electrons. The minimum atomic E-state index is -1.24. The first-order valence-electron chi connectivity index (χ1n) is 16.0. The molecule has 0 bridgehead atoms. The van der Waals surface area contributed by atoms with Gasteiger partial charge in [-0.2, -0.15) is 14.6 Å². The summed E-state index contributed by atoms with van der Waals surface area (Å²) in [6.07, 6.45) is 5.08. The third-order valence-electron chi connectivity index (χ3n) is 8.85. The molecular formula is C32H44F3N7O3Si. The molecule has 1 atom stereocenters. The van der Waals surface area contributed by atoms with Crippen LogP contribution in [-0.2, 0) is 16.3 Å². The Morgan fingerprint density at radius 1 is 1.07 bits per heavy atom. The van der Waals surface area contributed by atoms with Crippen LogP contribution in [0.1, 0.15) is 53.6 Å². The lowest BCUT2D eigenvalue weighted by atomic mass is 9.88. The monoisotopic (exact) mass is 659 g/mol. The van der Waals surface area contributed by atoms with E-state index < -0.39 is 51.3 Å². The summed E-state index contributed by atoms with van der Waals surface area (Å²) >= 11 is 0. The Hall–Kier alpha value is -3.52. The van der Waals surface area contributed by atoms with Crippen molar-refractivity contribution in [3.63, 3.8) is 0 Å². The fourth-order valence-electron chi connectivity index (χ4n) is 6.04. The van der Waals surface area contributed by atoms with Crippen molar-refractivity contribution in [3.05, 3.63) is 47.4 Å². The Kier molecular flexibility index (Phi) is 10.4. The van der Waals surface area contributed by atoms with Crippen molar-refractivity contribution in [2.45, 2.75) is 84.0 Å². The number of aromatic nitrogens is 5. The predicted molar refractivity (Wildman–Crippen MR) is 171 cm³/mol. The van der Waals surface area contributed by atoms with Gasteiger partial charge in [0, 0.05) is 37.7 Å². The quantitative estimate of drug-likeness (QED) is 0.113. The number of halogens is 3. The molecule has 2 saturated carbocycles. The maximum Gasteiger partial charge on any atom is 0.270 e. The summed E-state index contributed by atoms with van der Waals surface area (Å²) in [5, 5.41) is 14.0. The lowest BCUT2D eigenvalue weighted by Crippen LogP contribution is -2.50. The molecule has 2 aliphatic carbocycles. The molecule has 0 unspecified atom stereocenters. The summed E-state index contributed by atoms with van der Waals surface area (Å²) in [6, 6.07) is 3.30. The Morgan fingerprint density at radius 2 is 1.74 bits per heavy atom. The van der Waals surface area contributed by atoms with Crippen LogP contribution in [0.3, 0.4) is 0 Å². The van der Waals surface area contributed by atoms with Gasteiger partial charge in [0.15, 0.2) is 0 Å². The van der Waals surface area contributed by atoms with Crippen LogP contribution in [0.15, 0.2) is 24.4 Å². The number of hydrogen-bond acceptors (Lipinski definition) is 6. The van der Waals surface area contributed by atoms with Gasteiger partial charge in [-0.15, -0.1) is 0 Å². The van der Waals surface area contributed by atoms with E-state index in [2.05, 4.69) is 45.5 Å².